The van der Waals surface area contributed by atoms with Crippen molar-refractivity contribution in [2.75, 3.05) is 40.0 Å². The van der Waals surface area contributed by atoms with Crippen LogP contribution in [0.15, 0.2) is 35.4 Å². The maximum atomic E-state index is 12.6. The minimum atomic E-state index is -3.74. The lowest BCUT2D eigenvalue weighted by atomic mass is 10.1. The number of esters is 1. The number of halogens is 1. The number of aromatic amines is 1. The molecule has 1 aliphatic rings. The van der Waals surface area contributed by atoms with Crippen molar-refractivity contribution in [3.63, 3.8) is 0 Å². The zero-order chi connectivity index (χ0) is 21.0. The molecule has 0 atom stereocenters. The summed E-state index contributed by atoms with van der Waals surface area (Å²) >= 11 is 5.98. The van der Waals surface area contributed by atoms with E-state index < -0.39 is 28.4 Å². The van der Waals surface area contributed by atoms with Crippen molar-refractivity contribution in [3.05, 3.63) is 46.7 Å². The second-order valence-electron chi connectivity index (χ2n) is 6.11. The number of hydrogen-bond donors (Lipinski definition) is 1. The monoisotopic (exact) mass is 442 g/mol. The molecular weight excluding hydrogens is 424 g/mol. The van der Waals surface area contributed by atoms with Gasteiger partial charge in [0.05, 0.1) is 25.3 Å². The first kappa shape index (κ1) is 21.3. The highest BCUT2D eigenvalue weighted by molar-refractivity contribution is 7.89. The van der Waals surface area contributed by atoms with Crippen molar-refractivity contribution in [3.8, 4) is 5.75 Å². The SMILES string of the molecule is COc1ccc(C(=O)COC(=O)c2cc(S(=O)(=O)N3CCOCC3)c[nH]2)cc1Cl. The standard InChI is InChI=1S/C18H19ClN2O7S/c1-26-17-3-2-12(8-14(17)19)16(22)11-28-18(23)15-9-13(10-20-15)29(24,25)21-4-6-27-7-5-21/h2-3,8-10,20H,4-7,11H2,1H3. The fraction of sp³-hybridized carbons (Fsp3) is 0.333. The number of nitrogens with one attached hydrogen (secondary N) is 1. The van der Waals surface area contributed by atoms with Gasteiger partial charge in [0, 0.05) is 24.8 Å². The molecule has 1 fully saturated rings. The number of Topliss-reactive ketones (excluding diaryl/α,β-unsaturated/α-hetero) is 1. The Bertz CT molecular complexity index is 1010. The third-order valence-electron chi connectivity index (χ3n) is 4.29. The lowest BCUT2D eigenvalue weighted by Gasteiger charge is -2.25. The molecule has 1 saturated heterocycles. The van der Waals surface area contributed by atoms with E-state index in [4.69, 9.17) is 25.8 Å². The molecule has 11 heteroatoms. The quantitative estimate of drug-likeness (QED) is 0.513. The average Bonchev–Trinajstić information content (AvgIpc) is 3.23. The highest BCUT2D eigenvalue weighted by atomic mass is 35.5. The molecule has 1 aliphatic heterocycles. The van der Waals surface area contributed by atoms with Crippen LogP contribution in [0.1, 0.15) is 20.8 Å². The molecule has 9 nitrogen and oxygen atoms in total. The van der Waals surface area contributed by atoms with Crippen molar-refractivity contribution in [1.82, 2.24) is 9.29 Å². The summed E-state index contributed by atoms with van der Waals surface area (Å²) in [6, 6.07) is 5.63. The van der Waals surface area contributed by atoms with Crippen molar-refractivity contribution < 1.29 is 32.2 Å². The van der Waals surface area contributed by atoms with E-state index in [1.54, 1.807) is 0 Å². The molecule has 1 aromatic carbocycles. The van der Waals surface area contributed by atoms with E-state index in [2.05, 4.69) is 4.98 Å². The number of ether oxygens (including phenoxy) is 3. The first-order valence-corrected chi connectivity index (χ1v) is 10.4. The van der Waals surface area contributed by atoms with E-state index in [1.165, 1.54) is 41.9 Å². The number of morpholine rings is 1. The molecule has 2 aromatic rings. The summed E-state index contributed by atoms with van der Waals surface area (Å²) in [5, 5.41) is 0.256. The van der Waals surface area contributed by atoms with Crippen molar-refractivity contribution in [1.29, 1.82) is 0 Å². The van der Waals surface area contributed by atoms with Crippen molar-refractivity contribution in [2.24, 2.45) is 0 Å². The number of sulfonamides is 1. The van der Waals surface area contributed by atoms with Crippen molar-refractivity contribution in [2.45, 2.75) is 4.90 Å². The Morgan fingerprint density at radius 3 is 2.62 bits per heavy atom. The first-order valence-electron chi connectivity index (χ1n) is 8.63. The van der Waals surface area contributed by atoms with E-state index in [1.807, 2.05) is 0 Å². The van der Waals surface area contributed by atoms with E-state index >= 15 is 0 Å². The Morgan fingerprint density at radius 2 is 1.97 bits per heavy atom. The van der Waals surface area contributed by atoms with Gasteiger partial charge >= 0.3 is 5.97 Å². The van der Waals surface area contributed by atoms with Crippen LogP contribution in [-0.2, 0) is 19.5 Å². The van der Waals surface area contributed by atoms with Crippen LogP contribution < -0.4 is 4.74 Å². The molecule has 0 unspecified atom stereocenters. The van der Waals surface area contributed by atoms with Gasteiger partial charge in [-0.15, -0.1) is 0 Å². The van der Waals surface area contributed by atoms with Gasteiger partial charge in [-0.05, 0) is 24.3 Å². The predicted octanol–water partition coefficient (Wildman–Crippen LogP) is 1.74. The number of nitrogens with zero attached hydrogens (tertiary/aromatic N) is 1. The summed E-state index contributed by atoms with van der Waals surface area (Å²) in [6.45, 7) is 0.594. The van der Waals surface area contributed by atoms with Gasteiger partial charge in [0.25, 0.3) is 0 Å². The first-order chi connectivity index (χ1) is 13.8. The van der Waals surface area contributed by atoms with Gasteiger partial charge in [-0.3, -0.25) is 4.79 Å². The van der Waals surface area contributed by atoms with Gasteiger partial charge in [-0.2, -0.15) is 4.31 Å². The second kappa shape index (κ2) is 8.95. The van der Waals surface area contributed by atoms with Crippen LogP contribution in [0.4, 0.5) is 0 Å². The van der Waals surface area contributed by atoms with E-state index in [-0.39, 0.29) is 34.3 Å². The highest BCUT2D eigenvalue weighted by Gasteiger charge is 2.28. The maximum absolute atomic E-state index is 12.6. The van der Waals surface area contributed by atoms with Gasteiger partial charge in [0.2, 0.25) is 10.0 Å². The number of ketones is 1. The lowest BCUT2D eigenvalue weighted by Crippen LogP contribution is -2.40. The fourth-order valence-electron chi connectivity index (χ4n) is 2.71. The van der Waals surface area contributed by atoms with Gasteiger partial charge in [0.1, 0.15) is 16.3 Å². The van der Waals surface area contributed by atoms with Crippen LogP contribution in [0, 0.1) is 0 Å². The maximum Gasteiger partial charge on any atom is 0.355 e. The normalized spacial score (nSPS) is 15.1. The Hall–Kier alpha value is -2.40. The molecule has 0 spiro atoms. The third-order valence-corrected chi connectivity index (χ3v) is 6.46. The number of H-pyrrole nitrogens is 1. The average molecular weight is 443 g/mol. The predicted molar refractivity (Wildman–Crippen MR) is 103 cm³/mol. The number of carbonyl (C=O) groups is 2. The summed E-state index contributed by atoms with van der Waals surface area (Å²) in [5.41, 5.74) is 0.183. The highest BCUT2D eigenvalue weighted by Crippen LogP contribution is 2.25. The largest absolute Gasteiger partial charge is 0.495 e. The second-order valence-corrected chi connectivity index (χ2v) is 8.46. The topological polar surface area (TPSA) is 115 Å². The minimum absolute atomic E-state index is 0.0559. The molecule has 29 heavy (non-hydrogen) atoms. The van der Waals surface area contributed by atoms with Crippen LogP contribution in [0.25, 0.3) is 0 Å². The Kier molecular flexibility index (Phi) is 6.58. The van der Waals surface area contributed by atoms with E-state index in [0.29, 0.717) is 19.0 Å². The molecule has 0 aliphatic carbocycles. The van der Waals surface area contributed by atoms with Crippen molar-refractivity contribution >= 4 is 33.4 Å². The molecule has 0 saturated carbocycles. The summed E-state index contributed by atoms with van der Waals surface area (Å²) in [5.74, 6) is -0.891. The van der Waals surface area contributed by atoms with Gasteiger partial charge in [-0.25, -0.2) is 13.2 Å². The van der Waals surface area contributed by atoms with Crippen LogP contribution in [0.3, 0.4) is 0 Å². The molecule has 0 bridgehead atoms. The molecule has 1 N–H and O–H groups in total. The van der Waals surface area contributed by atoms with Crippen LogP contribution in [-0.4, -0.2) is 69.5 Å². The smallest absolute Gasteiger partial charge is 0.355 e. The number of hydrogen-bond acceptors (Lipinski definition) is 7. The van der Waals surface area contributed by atoms with E-state index in [9.17, 15) is 18.0 Å². The van der Waals surface area contributed by atoms with Crippen LogP contribution in [0.5, 0.6) is 5.75 Å². The summed E-state index contributed by atoms with van der Waals surface area (Å²) in [6.07, 6.45) is 1.21. The summed E-state index contributed by atoms with van der Waals surface area (Å²) in [7, 11) is -2.29. The lowest BCUT2D eigenvalue weighted by molar-refractivity contribution is 0.0469. The molecule has 156 valence electrons. The Morgan fingerprint density at radius 1 is 1.24 bits per heavy atom. The zero-order valence-electron chi connectivity index (χ0n) is 15.5. The fourth-order valence-corrected chi connectivity index (χ4v) is 4.37. The number of methoxy groups -OCH3 is 1. The Labute approximate surface area is 172 Å². The van der Waals surface area contributed by atoms with Gasteiger partial charge < -0.3 is 19.2 Å². The van der Waals surface area contributed by atoms with Crippen LogP contribution in [0.2, 0.25) is 5.02 Å². The summed E-state index contributed by atoms with van der Waals surface area (Å²) < 4.78 is 41.6. The Balaban J connectivity index is 1.63. The summed E-state index contributed by atoms with van der Waals surface area (Å²) in [4.78, 5) is 26.9. The molecule has 1 aromatic heterocycles. The van der Waals surface area contributed by atoms with E-state index in [0.717, 1.165) is 0 Å². The van der Waals surface area contributed by atoms with Crippen LogP contribution >= 0.6 is 11.6 Å². The zero-order valence-corrected chi connectivity index (χ0v) is 17.1. The number of carbonyl (C=O) groups excluding carboxylic acids is 2. The molecule has 3 rings (SSSR count). The number of benzene rings is 1. The minimum Gasteiger partial charge on any atom is -0.495 e. The molecular formula is C18H19ClN2O7S. The third kappa shape index (κ3) is 4.78. The molecule has 2 heterocycles. The molecule has 0 amide bonds. The number of rotatable bonds is 7. The van der Waals surface area contributed by atoms with Gasteiger partial charge in [0.15, 0.2) is 12.4 Å². The number of aromatic nitrogens is 1. The molecule has 0 radical (unpaired) electrons. The van der Waals surface area contributed by atoms with Gasteiger partial charge in [-0.1, -0.05) is 11.6 Å².